The van der Waals surface area contributed by atoms with E-state index in [4.69, 9.17) is 32.7 Å². The monoisotopic (exact) mass is 666 g/mol. The summed E-state index contributed by atoms with van der Waals surface area (Å²) >= 11 is 16.4. The van der Waals surface area contributed by atoms with Crippen molar-refractivity contribution in [3.05, 3.63) is 95.9 Å². The number of esters is 1. The molecule has 190 valence electrons. The van der Waals surface area contributed by atoms with Gasteiger partial charge >= 0.3 is 5.97 Å². The highest BCUT2D eigenvalue weighted by Gasteiger charge is 2.30. The van der Waals surface area contributed by atoms with Crippen LogP contribution < -0.4 is 4.74 Å². The molecule has 0 saturated carbocycles. The third-order valence-electron chi connectivity index (χ3n) is 5.22. The first-order valence-electron chi connectivity index (χ1n) is 11.1. The molecule has 0 spiro atoms. The SMILES string of the molecule is CCOC(=O)c1ccc(N=C2S/C(=C\c3cc(Cl)c(OCc4ccc(I)cc4)c(Cl)c3)C(=O)N2C)cc1. The molecule has 1 fully saturated rings. The van der Waals surface area contributed by atoms with Crippen LogP contribution in [0, 0.1) is 3.57 Å². The second-order valence-electron chi connectivity index (χ2n) is 7.87. The quantitative estimate of drug-likeness (QED) is 0.148. The summed E-state index contributed by atoms with van der Waals surface area (Å²) in [5.74, 6) is -0.198. The Morgan fingerprint density at radius 3 is 2.35 bits per heavy atom. The molecule has 0 aliphatic carbocycles. The predicted octanol–water partition coefficient (Wildman–Crippen LogP) is 7.59. The topological polar surface area (TPSA) is 68.2 Å². The number of amides is 1. The van der Waals surface area contributed by atoms with Crippen molar-refractivity contribution in [1.82, 2.24) is 4.90 Å². The van der Waals surface area contributed by atoms with Crippen LogP contribution in [-0.4, -0.2) is 35.6 Å². The molecule has 0 aromatic heterocycles. The molecule has 0 unspecified atom stereocenters. The van der Waals surface area contributed by atoms with Crippen LogP contribution in [0.15, 0.2) is 70.6 Å². The first-order valence-corrected chi connectivity index (χ1v) is 13.8. The predicted molar refractivity (Wildman–Crippen MR) is 158 cm³/mol. The molecule has 1 amide bonds. The lowest BCUT2D eigenvalue weighted by molar-refractivity contribution is -0.121. The molecule has 6 nitrogen and oxygen atoms in total. The lowest BCUT2D eigenvalue weighted by atomic mass is 10.2. The summed E-state index contributed by atoms with van der Waals surface area (Å²) in [6.45, 7) is 2.39. The highest BCUT2D eigenvalue weighted by molar-refractivity contribution is 14.1. The molecule has 1 aliphatic rings. The fraction of sp³-hybridized carbons (Fsp3) is 0.148. The number of ether oxygens (including phenoxy) is 2. The van der Waals surface area contributed by atoms with E-state index in [2.05, 4.69) is 27.6 Å². The van der Waals surface area contributed by atoms with Gasteiger partial charge in [0.25, 0.3) is 5.91 Å². The van der Waals surface area contributed by atoms with E-state index in [9.17, 15) is 9.59 Å². The van der Waals surface area contributed by atoms with E-state index < -0.39 is 5.97 Å². The second kappa shape index (κ2) is 12.3. The number of likely N-dealkylation sites (N-methyl/N-ethyl adjacent to an activating group) is 1. The van der Waals surface area contributed by atoms with Gasteiger partial charge in [-0.15, -0.1) is 0 Å². The Hall–Kier alpha value is -2.53. The Bertz CT molecular complexity index is 1370. The number of aliphatic imine (C=N–C) groups is 1. The largest absolute Gasteiger partial charge is 0.486 e. The van der Waals surface area contributed by atoms with Gasteiger partial charge in [0.2, 0.25) is 0 Å². The number of amidine groups is 1. The number of thioether (sulfide) groups is 1. The highest BCUT2D eigenvalue weighted by atomic mass is 127. The molecular formula is C27H21Cl2IN2O4S. The van der Waals surface area contributed by atoms with E-state index in [1.54, 1.807) is 56.4 Å². The van der Waals surface area contributed by atoms with Gasteiger partial charge in [-0.3, -0.25) is 9.69 Å². The van der Waals surface area contributed by atoms with Crippen molar-refractivity contribution in [2.75, 3.05) is 13.7 Å². The van der Waals surface area contributed by atoms with Gasteiger partial charge < -0.3 is 9.47 Å². The van der Waals surface area contributed by atoms with Gasteiger partial charge in [-0.05, 0) is 107 Å². The van der Waals surface area contributed by atoms with Gasteiger partial charge in [-0.25, -0.2) is 9.79 Å². The van der Waals surface area contributed by atoms with Crippen LogP contribution in [0.4, 0.5) is 5.69 Å². The molecule has 0 N–H and O–H groups in total. The number of halogens is 3. The Labute approximate surface area is 242 Å². The van der Waals surface area contributed by atoms with Crippen LogP contribution in [0.1, 0.15) is 28.4 Å². The number of carbonyl (C=O) groups is 2. The Morgan fingerprint density at radius 2 is 1.73 bits per heavy atom. The fourth-order valence-electron chi connectivity index (χ4n) is 3.34. The number of hydrogen-bond acceptors (Lipinski definition) is 6. The summed E-state index contributed by atoms with van der Waals surface area (Å²) in [5, 5.41) is 1.21. The van der Waals surface area contributed by atoms with Gasteiger partial charge in [0.1, 0.15) is 6.61 Å². The molecule has 10 heteroatoms. The lowest BCUT2D eigenvalue weighted by Gasteiger charge is -2.11. The Kier molecular flexibility index (Phi) is 9.17. The van der Waals surface area contributed by atoms with Crippen molar-refractivity contribution in [3.63, 3.8) is 0 Å². The summed E-state index contributed by atoms with van der Waals surface area (Å²) in [6, 6.07) is 18.1. The van der Waals surface area contributed by atoms with E-state index in [0.717, 1.165) is 9.13 Å². The second-order valence-corrected chi connectivity index (χ2v) is 10.9. The minimum Gasteiger partial charge on any atom is -0.486 e. The molecule has 1 aliphatic heterocycles. The molecule has 0 bridgehead atoms. The molecular weight excluding hydrogens is 646 g/mol. The number of benzene rings is 3. The molecule has 0 atom stereocenters. The van der Waals surface area contributed by atoms with Gasteiger partial charge in [0.05, 0.1) is 32.8 Å². The number of rotatable bonds is 7. The van der Waals surface area contributed by atoms with E-state index in [1.807, 2.05) is 24.3 Å². The zero-order valence-corrected chi connectivity index (χ0v) is 24.3. The van der Waals surface area contributed by atoms with E-state index in [-0.39, 0.29) is 5.91 Å². The summed E-state index contributed by atoms with van der Waals surface area (Å²) in [7, 11) is 1.66. The number of nitrogens with zero attached hydrogens (tertiary/aromatic N) is 2. The standard InChI is InChI=1S/C27H21Cl2IN2O4S/c1-3-35-26(34)18-6-10-20(11-7-18)31-27-32(2)25(33)23(37-27)14-17-12-21(28)24(22(29)13-17)36-15-16-4-8-19(30)9-5-16/h4-14H,3,15H2,1-2H3/b23-14-,31-27?. The fourth-order valence-corrected chi connectivity index (χ4v) is 5.30. The summed E-state index contributed by atoms with van der Waals surface area (Å²) < 4.78 is 12.0. The van der Waals surface area contributed by atoms with Crippen LogP contribution in [0.5, 0.6) is 5.75 Å². The summed E-state index contributed by atoms with van der Waals surface area (Å²) in [4.78, 5) is 31.2. The van der Waals surface area contributed by atoms with Gasteiger partial charge in [-0.2, -0.15) is 0 Å². The number of hydrogen-bond donors (Lipinski definition) is 0. The van der Waals surface area contributed by atoms with Gasteiger partial charge in [-0.1, -0.05) is 35.3 Å². The van der Waals surface area contributed by atoms with Crippen molar-refractivity contribution in [2.45, 2.75) is 13.5 Å². The van der Waals surface area contributed by atoms with Crippen LogP contribution in [-0.2, 0) is 16.1 Å². The molecule has 37 heavy (non-hydrogen) atoms. The normalized spacial score (nSPS) is 15.5. The van der Waals surface area contributed by atoms with Crippen LogP contribution in [0.25, 0.3) is 6.08 Å². The molecule has 1 heterocycles. The first-order chi connectivity index (χ1) is 17.7. The van der Waals surface area contributed by atoms with E-state index in [1.165, 1.54) is 16.7 Å². The van der Waals surface area contributed by atoms with Crippen molar-refractivity contribution >= 4 is 86.4 Å². The highest BCUT2D eigenvalue weighted by Crippen LogP contribution is 2.38. The number of carbonyl (C=O) groups excluding carboxylic acids is 2. The molecule has 3 aromatic carbocycles. The van der Waals surface area contributed by atoms with Crippen LogP contribution >= 0.6 is 57.6 Å². The van der Waals surface area contributed by atoms with Crippen LogP contribution in [0.3, 0.4) is 0 Å². The van der Waals surface area contributed by atoms with E-state index >= 15 is 0 Å². The van der Waals surface area contributed by atoms with Gasteiger partial charge in [0, 0.05) is 10.6 Å². The molecule has 0 radical (unpaired) electrons. The van der Waals surface area contributed by atoms with Crippen molar-refractivity contribution in [2.24, 2.45) is 4.99 Å². The summed E-state index contributed by atoms with van der Waals surface area (Å²) in [6.07, 6.45) is 1.72. The lowest BCUT2D eigenvalue weighted by Crippen LogP contribution is -2.23. The molecule has 1 saturated heterocycles. The zero-order chi connectivity index (χ0) is 26.5. The van der Waals surface area contributed by atoms with Crippen LogP contribution in [0.2, 0.25) is 10.0 Å². The third-order valence-corrected chi connectivity index (χ3v) is 7.56. The average molecular weight is 667 g/mol. The van der Waals surface area contributed by atoms with Crippen molar-refractivity contribution in [1.29, 1.82) is 0 Å². The van der Waals surface area contributed by atoms with E-state index in [0.29, 0.717) is 55.9 Å². The molecule has 4 rings (SSSR count). The maximum Gasteiger partial charge on any atom is 0.338 e. The smallest absolute Gasteiger partial charge is 0.338 e. The maximum absolute atomic E-state index is 12.8. The Balaban J connectivity index is 1.49. The zero-order valence-electron chi connectivity index (χ0n) is 19.8. The first kappa shape index (κ1) is 27.5. The average Bonchev–Trinajstić information content (AvgIpc) is 3.12. The summed E-state index contributed by atoms with van der Waals surface area (Å²) in [5.41, 5.74) is 2.71. The molecule has 3 aromatic rings. The minimum absolute atomic E-state index is 0.196. The van der Waals surface area contributed by atoms with Gasteiger partial charge in [0.15, 0.2) is 10.9 Å². The Morgan fingerprint density at radius 1 is 1.08 bits per heavy atom. The third kappa shape index (κ3) is 6.87. The minimum atomic E-state index is -0.391. The van der Waals surface area contributed by atoms with Crippen molar-refractivity contribution < 1.29 is 19.1 Å². The maximum atomic E-state index is 12.8. The van der Waals surface area contributed by atoms with Crippen molar-refractivity contribution in [3.8, 4) is 5.75 Å².